The molecule has 0 radical (unpaired) electrons. The molecule has 2 aromatic carbocycles. The lowest BCUT2D eigenvalue weighted by Gasteiger charge is -2.35. The molecule has 0 spiro atoms. The van der Waals surface area contributed by atoms with Gasteiger partial charge in [0.15, 0.2) is 0 Å². The van der Waals surface area contributed by atoms with E-state index in [0.29, 0.717) is 12.8 Å². The third-order valence-corrected chi connectivity index (χ3v) is 7.05. The average molecular weight is 465 g/mol. The molecule has 2 aliphatic carbocycles. The van der Waals surface area contributed by atoms with Gasteiger partial charge in [-0.2, -0.15) is 0 Å². The van der Waals surface area contributed by atoms with Gasteiger partial charge < -0.3 is 20.5 Å². The van der Waals surface area contributed by atoms with Crippen molar-refractivity contribution >= 4 is 18.0 Å². The molecule has 7 nitrogen and oxygen atoms in total. The van der Waals surface area contributed by atoms with Gasteiger partial charge in [0.05, 0.1) is 0 Å². The molecule has 2 aromatic rings. The van der Waals surface area contributed by atoms with Crippen molar-refractivity contribution in [2.75, 3.05) is 6.61 Å². The Morgan fingerprint density at radius 2 is 1.53 bits per heavy atom. The second-order valence-electron chi connectivity index (χ2n) is 9.63. The maximum atomic E-state index is 13.0. The Labute approximate surface area is 199 Å². The molecule has 7 heteroatoms. The smallest absolute Gasteiger partial charge is 0.407 e. The first kappa shape index (κ1) is 23.8. The van der Waals surface area contributed by atoms with Crippen LogP contribution in [-0.2, 0) is 14.3 Å². The molecule has 34 heavy (non-hydrogen) atoms. The molecular formula is C27H32N2O5. The van der Waals surface area contributed by atoms with Gasteiger partial charge in [0.2, 0.25) is 5.91 Å². The fraction of sp³-hybridized carbons (Fsp3) is 0.444. The highest BCUT2D eigenvalue weighted by molar-refractivity contribution is 5.91. The molecule has 1 unspecified atom stereocenters. The fourth-order valence-electron chi connectivity index (χ4n) is 5.16. The van der Waals surface area contributed by atoms with Crippen LogP contribution in [-0.4, -0.2) is 41.3 Å². The molecule has 2 aliphatic rings. The minimum atomic E-state index is -1.27. The minimum Gasteiger partial charge on any atom is -0.480 e. The Morgan fingerprint density at radius 3 is 2.06 bits per heavy atom. The van der Waals surface area contributed by atoms with Crippen LogP contribution < -0.4 is 10.6 Å². The number of benzene rings is 2. The number of nitrogens with one attached hydrogen (secondary N) is 2. The summed E-state index contributed by atoms with van der Waals surface area (Å²) in [6.07, 6.45) is 2.55. The topological polar surface area (TPSA) is 105 Å². The summed E-state index contributed by atoms with van der Waals surface area (Å²) in [4.78, 5) is 37.7. The molecule has 3 N–H and O–H groups in total. The number of hydrogen-bond donors (Lipinski definition) is 3. The molecule has 0 heterocycles. The normalized spacial score (nSPS) is 17.4. The number of aliphatic carboxylic acids is 1. The van der Waals surface area contributed by atoms with Crippen molar-refractivity contribution in [2.45, 2.75) is 63.5 Å². The van der Waals surface area contributed by atoms with Gasteiger partial charge in [-0.15, -0.1) is 0 Å². The van der Waals surface area contributed by atoms with Gasteiger partial charge in [-0.1, -0.05) is 81.6 Å². The van der Waals surface area contributed by atoms with E-state index in [1.54, 1.807) is 0 Å². The number of ether oxygens (including phenoxy) is 1. The summed E-state index contributed by atoms with van der Waals surface area (Å²) < 4.78 is 5.59. The van der Waals surface area contributed by atoms with Crippen LogP contribution in [0.4, 0.5) is 4.79 Å². The average Bonchev–Trinajstić information content (AvgIpc) is 3.15. The standard InChI is InChI=1S/C27H32N2O5/c1-17(2)23(24(30)29-27(25(31)32)14-8-3-9-15-27)28-26(33)34-16-22-20-12-6-4-10-18(20)19-11-5-7-13-21(19)22/h4-7,10-13,17,22-23H,3,8-9,14-16H2,1-2H3,(H,28,33)(H,29,30)(H,31,32). The van der Waals surface area contributed by atoms with E-state index in [2.05, 4.69) is 22.8 Å². The maximum absolute atomic E-state index is 13.0. The molecule has 4 rings (SSSR count). The van der Waals surface area contributed by atoms with Crippen molar-refractivity contribution in [3.05, 3.63) is 59.7 Å². The zero-order valence-electron chi connectivity index (χ0n) is 19.7. The lowest BCUT2D eigenvalue weighted by Crippen LogP contribution is -2.61. The number of carbonyl (C=O) groups excluding carboxylic acids is 2. The summed E-state index contributed by atoms with van der Waals surface area (Å²) in [7, 11) is 0. The van der Waals surface area contributed by atoms with Gasteiger partial charge in [0, 0.05) is 5.92 Å². The monoisotopic (exact) mass is 464 g/mol. The number of carboxylic acid groups (broad SMARTS) is 1. The van der Waals surface area contributed by atoms with Crippen molar-refractivity contribution in [1.29, 1.82) is 0 Å². The Hall–Kier alpha value is -3.35. The van der Waals surface area contributed by atoms with Crippen LogP contribution in [0.2, 0.25) is 0 Å². The lowest BCUT2D eigenvalue weighted by atomic mass is 9.81. The van der Waals surface area contributed by atoms with Crippen molar-refractivity contribution in [3.63, 3.8) is 0 Å². The van der Waals surface area contributed by atoms with Crippen LogP contribution in [0.1, 0.15) is 63.0 Å². The molecule has 0 aromatic heterocycles. The van der Waals surface area contributed by atoms with Crippen LogP contribution in [0.5, 0.6) is 0 Å². The number of carboxylic acids is 1. The van der Waals surface area contributed by atoms with Gasteiger partial charge in [-0.3, -0.25) is 4.79 Å². The van der Waals surface area contributed by atoms with E-state index in [-0.39, 0.29) is 18.4 Å². The van der Waals surface area contributed by atoms with Crippen molar-refractivity contribution in [1.82, 2.24) is 10.6 Å². The van der Waals surface area contributed by atoms with Gasteiger partial charge in [0.25, 0.3) is 0 Å². The first-order valence-electron chi connectivity index (χ1n) is 12.0. The number of carbonyl (C=O) groups is 3. The molecule has 1 atom stereocenters. The zero-order chi connectivity index (χ0) is 24.3. The highest BCUT2D eigenvalue weighted by Crippen LogP contribution is 2.44. The molecule has 2 amide bonds. The summed E-state index contributed by atoms with van der Waals surface area (Å²) in [5.74, 6) is -1.84. The van der Waals surface area contributed by atoms with Crippen LogP contribution in [0, 0.1) is 5.92 Å². The van der Waals surface area contributed by atoms with Gasteiger partial charge in [-0.25, -0.2) is 9.59 Å². The maximum Gasteiger partial charge on any atom is 0.407 e. The predicted molar refractivity (Wildman–Crippen MR) is 128 cm³/mol. The Balaban J connectivity index is 1.42. The molecular weight excluding hydrogens is 432 g/mol. The van der Waals surface area contributed by atoms with Crippen LogP contribution in [0.15, 0.2) is 48.5 Å². The van der Waals surface area contributed by atoms with Gasteiger partial charge in [0.1, 0.15) is 18.2 Å². The van der Waals surface area contributed by atoms with Crippen molar-refractivity contribution < 1.29 is 24.2 Å². The van der Waals surface area contributed by atoms with Crippen molar-refractivity contribution in [3.8, 4) is 11.1 Å². The van der Waals surface area contributed by atoms with Crippen LogP contribution in [0.3, 0.4) is 0 Å². The Bertz CT molecular complexity index is 1030. The van der Waals surface area contributed by atoms with Crippen LogP contribution in [0.25, 0.3) is 11.1 Å². The third-order valence-electron chi connectivity index (χ3n) is 7.05. The molecule has 0 bridgehead atoms. The second kappa shape index (κ2) is 9.87. The van der Waals surface area contributed by atoms with E-state index >= 15 is 0 Å². The molecule has 0 saturated heterocycles. The zero-order valence-corrected chi connectivity index (χ0v) is 19.7. The number of alkyl carbamates (subject to hydrolysis) is 1. The Morgan fingerprint density at radius 1 is 0.971 bits per heavy atom. The summed E-state index contributed by atoms with van der Waals surface area (Å²) in [5.41, 5.74) is 3.22. The SMILES string of the molecule is CC(C)C(NC(=O)OCC1c2ccccc2-c2ccccc21)C(=O)NC1(C(=O)O)CCCCC1. The largest absolute Gasteiger partial charge is 0.480 e. The minimum absolute atomic E-state index is 0.0815. The molecule has 1 saturated carbocycles. The van der Waals surface area contributed by atoms with E-state index in [0.717, 1.165) is 41.5 Å². The van der Waals surface area contributed by atoms with Gasteiger partial charge in [-0.05, 0) is 41.0 Å². The van der Waals surface area contributed by atoms with Gasteiger partial charge >= 0.3 is 12.1 Å². The van der Waals surface area contributed by atoms with Crippen LogP contribution >= 0.6 is 0 Å². The van der Waals surface area contributed by atoms with E-state index < -0.39 is 29.6 Å². The highest BCUT2D eigenvalue weighted by atomic mass is 16.5. The quantitative estimate of drug-likeness (QED) is 0.561. The molecule has 180 valence electrons. The first-order chi connectivity index (χ1) is 16.3. The molecule has 0 aliphatic heterocycles. The predicted octanol–water partition coefficient (Wildman–Crippen LogP) is 4.45. The summed E-state index contributed by atoms with van der Waals surface area (Å²) in [6.45, 7) is 3.76. The highest BCUT2D eigenvalue weighted by Gasteiger charge is 2.42. The number of hydrogen-bond acceptors (Lipinski definition) is 4. The lowest BCUT2D eigenvalue weighted by molar-refractivity contribution is -0.149. The van der Waals surface area contributed by atoms with E-state index in [4.69, 9.17) is 4.74 Å². The Kier molecular flexibility index (Phi) is 6.91. The summed E-state index contributed by atoms with van der Waals surface area (Å²) >= 11 is 0. The van der Waals surface area contributed by atoms with E-state index in [1.807, 2.05) is 50.2 Å². The van der Waals surface area contributed by atoms with E-state index in [1.165, 1.54) is 0 Å². The number of fused-ring (bicyclic) bond motifs is 3. The van der Waals surface area contributed by atoms with E-state index in [9.17, 15) is 19.5 Å². The first-order valence-corrected chi connectivity index (χ1v) is 12.0. The summed E-state index contributed by atoms with van der Waals surface area (Å²) in [6, 6.07) is 15.3. The fourth-order valence-corrected chi connectivity index (χ4v) is 5.16. The number of amides is 2. The third kappa shape index (κ3) is 4.65. The molecule has 1 fully saturated rings. The summed E-state index contributed by atoms with van der Waals surface area (Å²) in [5, 5.41) is 15.2. The number of rotatable bonds is 7. The second-order valence-corrected chi connectivity index (χ2v) is 9.63. The van der Waals surface area contributed by atoms with Crippen molar-refractivity contribution in [2.24, 2.45) is 5.92 Å².